The summed E-state index contributed by atoms with van der Waals surface area (Å²) in [5.74, 6) is 0. The van der Waals surface area contributed by atoms with E-state index < -0.39 is 0 Å². The van der Waals surface area contributed by atoms with Gasteiger partial charge in [-0.25, -0.2) is 9.98 Å². The maximum absolute atomic E-state index is 4.16. The van der Waals surface area contributed by atoms with Crippen LogP contribution in [-0.2, 0) is 6.42 Å². The van der Waals surface area contributed by atoms with Crippen molar-refractivity contribution in [1.82, 2.24) is 4.90 Å². The summed E-state index contributed by atoms with van der Waals surface area (Å²) in [6, 6.07) is 7.04. The molecule has 1 heterocycles. The summed E-state index contributed by atoms with van der Waals surface area (Å²) in [5, 5.41) is 2.12. The van der Waals surface area contributed by atoms with Crippen LogP contribution in [0, 0.1) is 0 Å². The summed E-state index contributed by atoms with van der Waals surface area (Å²) in [6.07, 6.45) is 3.27. The monoisotopic (exact) mass is 251 g/mol. The standard InChI is InChI=1S/C13H21N3S/c1-16(2)10-5-9-15-12-14-8-3-6-13-7-4-11-17-13/h4,7,11H,3,5-6,8-10H2,1-2H3. The molecular formula is C13H21N3S. The van der Waals surface area contributed by atoms with E-state index >= 15 is 0 Å². The number of rotatable bonds is 8. The Bertz CT molecular complexity index is 338. The fourth-order valence-electron chi connectivity index (χ4n) is 1.40. The van der Waals surface area contributed by atoms with E-state index in [1.807, 2.05) is 11.3 Å². The third-order valence-corrected chi connectivity index (χ3v) is 3.23. The zero-order chi connectivity index (χ0) is 12.3. The summed E-state index contributed by atoms with van der Waals surface area (Å²) < 4.78 is 0. The summed E-state index contributed by atoms with van der Waals surface area (Å²) in [5.41, 5.74) is 0. The molecule has 0 saturated heterocycles. The molecule has 0 N–H and O–H groups in total. The normalized spacial score (nSPS) is 10.3. The van der Waals surface area contributed by atoms with E-state index in [0.717, 1.165) is 38.9 Å². The molecule has 0 spiro atoms. The van der Waals surface area contributed by atoms with Crippen molar-refractivity contribution in [3.05, 3.63) is 22.4 Å². The van der Waals surface area contributed by atoms with Gasteiger partial charge in [-0.1, -0.05) is 6.07 Å². The van der Waals surface area contributed by atoms with Gasteiger partial charge in [-0.3, -0.25) is 0 Å². The fourth-order valence-corrected chi connectivity index (χ4v) is 2.15. The second-order valence-electron chi connectivity index (χ2n) is 4.20. The minimum atomic E-state index is 0.826. The Morgan fingerprint density at radius 3 is 2.65 bits per heavy atom. The molecule has 0 amide bonds. The van der Waals surface area contributed by atoms with Crippen LogP contribution in [0.5, 0.6) is 0 Å². The predicted molar refractivity (Wildman–Crippen MR) is 75.4 cm³/mol. The Morgan fingerprint density at radius 2 is 2.00 bits per heavy atom. The molecule has 0 aliphatic carbocycles. The topological polar surface area (TPSA) is 28.0 Å². The third kappa shape index (κ3) is 7.86. The van der Waals surface area contributed by atoms with Gasteiger partial charge in [0.15, 0.2) is 0 Å². The van der Waals surface area contributed by atoms with Crippen molar-refractivity contribution < 1.29 is 0 Å². The van der Waals surface area contributed by atoms with Gasteiger partial charge in [0, 0.05) is 4.88 Å². The van der Waals surface area contributed by atoms with Crippen molar-refractivity contribution in [2.75, 3.05) is 33.7 Å². The molecular weight excluding hydrogens is 230 g/mol. The van der Waals surface area contributed by atoms with Crippen LogP contribution in [0.3, 0.4) is 0 Å². The highest BCUT2D eigenvalue weighted by molar-refractivity contribution is 7.09. The Balaban J connectivity index is 1.99. The average molecular weight is 251 g/mol. The lowest BCUT2D eigenvalue weighted by Gasteiger charge is -2.05. The van der Waals surface area contributed by atoms with E-state index in [-0.39, 0.29) is 0 Å². The van der Waals surface area contributed by atoms with Crippen LogP contribution in [0.2, 0.25) is 0 Å². The molecule has 0 atom stereocenters. The van der Waals surface area contributed by atoms with Crippen molar-refractivity contribution in [2.45, 2.75) is 19.3 Å². The molecule has 1 rings (SSSR count). The van der Waals surface area contributed by atoms with Crippen LogP contribution in [0.25, 0.3) is 0 Å². The van der Waals surface area contributed by atoms with Crippen molar-refractivity contribution in [3.8, 4) is 0 Å². The van der Waals surface area contributed by atoms with E-state index in [1.54, 1.807) is 0 Å². The van der Waals surface area contributed by atoms with Crippen molar-refractivity contribution >= 4 is 17.3 Å². The zero-order valence-electron chi connectivity index (χ0n) is 10.7. The highest BCUT2D eigenvalue weighted by Gasteiger charge is 1.91. The van der Waals surface area contributed by atoms with Crippen LogP contribution in [0.15, 0.2) is 27.5 Å². The molecule has 1 aromatic heterocycles. The Labute approximate surface area is 108 Å². The molecule has 0 aliphatic rings. The quantitative estimate of drug-likeness (QED) is 0.516. The first kappa shape index (κ1) is 14.1. The van der Waals surface area contributed by atoms with Gasteiger partial charge < -0.3 is 4.90 Å². The molecule has 0 radical (unpaired) electrons. The first-order valence-electron chi connectivity index (χ1n) is 6.04. The molecule has 17 heavy (non-hydrogen) atoms. The van der Waals surface area contributed by atoms with E-state index in [0.29, 0.717) is 0 Å². The summed E-state index contributed by atoms with van der Waals surface area (Å²) in [6.45, 7) is 2.73. The summed E-state index contributed by atoms with van der Waals surface area (Å²) in [7, 11) is 4.14. The van der Waals surface area contributed by atoms with Crippen LogP contribution in [0.1, 0.15) is 17.7 Å². The number of thiophene rings is 1. The van der Waals surface area contributed by atoms with Crippen molar-refractivity contribution in [1.29, 1.82) is 0 Å². The van der Waals surface area contributed by atoms with Gasteiger partial charge >= 0.3 is 0 Å². The first-order chi connectivity index (χ1) is 8.29. The molecule has 94 valence electrons. The second kappa shape index (κ2) is 9.11. The van der Waals surface area contributed by atoms with E-state index in [2.05, 4.69) is 52.5 Å². The predicted octanol–water partition coefficient (Wildman–Crippen LogP) is 2.81. The van der Waals surface area contributed by atoms with Gasteiger partial charge in [0.2, 0.25) is 0 Å². The number of aryl methyl sites for hydroxylation is 1. The summed E-state index contributed by atoms with van der Waals surface area (Å²) >= 11 is 1.81. The molecule has 0 saturated carbocycles. The molecule has 3 nitrogen and oxygen atoms in total. The second-order valence-corrected chi connectivity index (χ2v) is 5.24. The lowest BCUT2D eigenvalue weighted by molar-refractivity contribution is 0.403. The maximum atomic E-state index is 4.16. The highest BCUT2D eigenvalue weighted by atomic mass is 32.1. The largest absolute Gasteiger partial charge is 0.309 e. The maximum Gasteiger partial charge on any atom is 0.0892 e. The average Bonchev–Trinajstić information content (AvgIpc) is 2.79. The molecule has 0 unspecified atom stereocenters. The minimum absolute atomic E-state index is 0.826. The van der Waals surface area contributed by atoms with Crippen molar-refractivity contribution in [2.24, 2.45) is 9.98 Å². The molecule has 0 aromatic carbocycles. The smallest absolute Gasteiger partial charge is 0.0892 e. The number of aliphatic imine (C=N–C) groups is 2. The van der Waals surface area contributed by atoms with Gasteiger partial charge in [-0.05, 0) is 51.3 Å². The first-order valence-corrected chi connectivity index (χ1v) is 6.92. The van der Waals surface area contributed by atoms with E-state index in [1.165, 1.54) is 4.88 Å². The molecule has 0 bridgehead atoms. The number of hydrogen-bond donors (Lipinski definition) is 0. The highest BCUT2D eigenvalue weighted by Crippen LogP contribution is 2.10. The van der Waals surface area contributed by atoms with E-state index in [9.17, 15) is 0 Å². The van der Waals surface area contributed by atoms with Crippen LogP contribution < -0.4 is 0 Å². The third-order valence-electron chi connectivity index (χ3n) is 2.29. The molecule has 0 fully saturated rings. The molecule has 0 aliphatic heterocycles. The SMILES string of the molecule is CN(C)CCCN=C=NCCCc1cccs1. The number of nitrogens with zero attached hydrogens (tertiary/aromatic N) is 3. The van der Waals surface area contributed by atoms with Crippen LogP contribution in [0.4, 0.5) is 0 Å². The Morgan fingerprint density at radius 1 is 1.24 bits per heavy atom. The van der Waals surface area contributed by atoms with E-state index in [4.69, 9.17) is 0 Å². The van der Waals surface area contributed by atoms with Crippen molar-refractivity contribution in [3.63, 3.8) is 0 Å². The summed E-state index contributed by atoms with van der Waals surface area (Å²) in [4.78, 5) is 11.9. The Hall–Kier alpha value is -0.960. The Kier molecular flexibility index (Phi) is 7.56. The lowest BCUT2D eigenvalue weighted by atomic mass is 10.3. The van der Waals surface area contributed by atoms with Gasteiger partial charge in [-0.15, -0.1) is 11.3 Å². The van der Waals surface area contributed by atoms with Gasteiger partial charge in [-0.2, -0.15) is 0 Å². The number of hydrogen-bond acceptors (Lipinski definition) is 4. The van der Waals surface area contributed by atoms with Crippen LogP contribution in [-0.4, -0.2) is 44.6 Å². The van der Waals surface area contributed by atoms with Gasteiger partial charge in [0.05, 0.1) is 19.1 Å². The lowest BCUT2D eigenvalue weighted by Crippen LogP contribution is -2.13. The van der Waals surface area contributed by atoms with Gasteiger partial charge in [0.25, 0.3) is 0 Å². The molecule has 1 aromatic rings. The minimum Gasteiger partial charge on any atom is -0.309 e. The molecule has 4 heteroatoms. The fraction of sp³-hybridized carbons (Fsp3) is 0.615. The zero-order valence-corrected chi connectivity index (χ0v) is 11.5. The van der Waals surface area contributed by atoms with Gasteiger partial charge in [0.1, 0.15) is 0 Å². The van der Waals surface area contributed by atoms with Crippen LogP contribution >= 0.6 is 11.3 Å².